The second kappa shape index (κ2) is 8.91. The fraction of sp³-hybridized carbons (Fsp3) is 0. The van der Waals surface area contributed by atoms with E-state index in [4.69, 9.17) is 21.0 Å². The lowest BCUT2D eigenvalue weighted by Gasteiger charge is -2.15. The van der Waals surface area contributed by atoms with Crippen LogP contribution in [0.4, 0.5) is 11.4 Å². The van der Waals surface area contributed by atoms with Crippen molar-refractivity contribution in [3.05, 3.63) is 113 Å². The highest BCUT2D eigenvalue weighted by Gasteiger charge is 2.35. The minimum absolute atomic E-state index is 0.142. The highest BCUT2D eigenvalue weighted by Crippen LogP contribution is 2.37. The van der Waals surface area contributed by atoms with Crippen LogP contribution < -0.4 is 4.90 Å². The fourth-order valence-corrected chi connectivity index (χ4v) is 4.49. The first-order valence-electron chi connectivity index (χ1n) is 9.96. The molecule has 1 aliphatic heterocycles. The molecule has 0 aliphatic carbocycles. The number of amidine groups is 1. The predicted octanol–water partition coefficient (Wildman–Crippen LogP) is 7.41. The lowest BCUT2D eigenvalue weighted by atomic mass is 10.2. The summed E-state index contributed by atoms with van der Waals surface area (Å²) in [6, 6.07) is 30.3. The van der Waals surface area contributed by atoms with Gasteiger partial charge in [0.1, 0.15) is 11.5 Å². The van der Waals surface area contributed by atoms with Crippen molar-refractivity contribution in [2.24, 2.45) is 4.99 Å². The Morgan fingerprint density at radius 1 is 0.875 bits per heavy atom. The first-order chi connectivity index (χ1) is 15.7. The van der Waals surface area contributed by atoms with Crippen LogP contribution in [0.25, 0.3) is 17.4 Å². The molecular formula is C26H17ClN2O2S. The number of nitrogens with zero attached hydrogens (tertiary/aromatic N) is 2. The van der Waals surface area contributed by atoms with Crippen LogP contribution >= 0.6 is 23.4 Å². The molecule has 1 fully saturated rings. The van der Waals surface area contributed by atoms with E-state index in [1.807, 2.05) is 97.1 Å². The van der Waals surface area contributed by atoms with Crippen molar-refractivity contribution in [3.8, 4) is 11.3 Å². The maximum Gasteiger partial charge on any atom is 0.271 e. The molecule has 0 N–H and O–H groups in total. The molecule has 6 heteroatoms. The first-order valence-corrected chi connectivity index (χ1v) is 11.2. The minimum atomic E-state index is -0.142. The van der Waals surface area contributed by atoms with Crippen molar-refractivity contribution in [2.75, 3.05) is 4.90 Å². The lowest BCUT2D eigenvalue weighted by molar-refractivity contribution is -0.113. The third-order valence-corrected chi connectivity index (χ3v) is 6.01. The van der Waals surface area contributed by atoms with Crippen molar-refractivity contribution in [1.29, 1.82) is 0 Å². The molecule has 1 amide bonds. The molecule has 1 saturated heterocycles. The van der Waals surface area contributed by atoms with Crippen molar-refractivity contribution in [2.45, 2.75) is 0 Å². The number of para-hydroxylation sites is 2. The molecule has 1 aliphatic rings. The number of hydrogen-bond donors (Lipinski definition) is 0. The van der Waals surface area contributed by atoms with Gasteiger partial charge in [-0.05, 0) is 60.3 Å². The van der Waals surface area contributed by atoms with E-state index in [2.05, 4.69) is 0 Å². The zero-order chi connectivity index (χ0) is 21.9. The van der Waals surface area contributed by atoms with E-state index >= 15 is 0 Å². The number of aliphatic imine (C=N–C) groups is 1. The van der Waals surface area contributed by atoms with E-state index in [0.717, 1.165) is 16.9 Å². The summed E-state index contributed by atoms with van der Waals surface area (Å²) in [5.74, 6) is 1.13. The Morgan fingerprint density at radius 3 is 2.38 bits per heavy atom. The molecule has 0 atom stereocenters. The summed E-state index contributed by atoms with van der Waals surface area (Å²) in [6.45, 7) is 0. The lowest BCUT2D eigenvalue weighted by Crippen LogP contribution is -2.28. The molecule has 5 rings (SSSR count). The van der Waals surface area contributed by atoms with Gasteiger partial charge >= 0.3 is 0 Å². The summed E-state index contributed by atoms with van der Waals surface area (Å²) in [5.41, 5.74) is 2.43. The van der Waals surface area contributed by atoms with E-state index in [9.17, 15) is 4.79 Å². The topological polar surface area (TPSA) is 45.8 Å². The predicted molar refractivity (Wildman–Crippen MR) is 132 cm³/mol. The molecule has 1 aromatic heterocycles. The molecule has 0 saturated carbocycles. The highest BCUT2D eigenvalue weighted by molar-refractivity contribution is 8.19. The largest absolute Gasteiger partial charge is 0.457 e. The van der Waals surface area contributed by atoms with Gasteiger partial charge < -0.3 is 4.42 Å². The zero-order valence-electron chi connectivity index (χ0n) is 16.8. The number of furan rings is 1. The summed E-state index contributed by atoms with van der Waals surface area (Å²) in [4.78, 5) is 20.2. The molecule has 4 aromatic rings. The van der Waals surface area contributed by atoms with Crippen LogP contribution in [0.3, 0.4) is 0 Å². The van der Waals surface area contributed by atoms with E-state index in [0.29, 0.717) is 26.6 Å². The summed E-state index contributed by atoms with van der Waals surface area (Å²) in [7, 11) is 0. The van der Waals surface area contributed by atoms with Crippen LogP contribution in [0.15, 0.2) is 111 Å². The average Bonchev–Trinajstić information content (AvgIpc) is 3.40. The van der Waals surface area contributed by atoms with E-state index in [1.54, 1.807) is 11.0 Å². The monoisotopic (exact) mass is 456 g/mol. The number of anilines is 1. The van der Waals surface area contributed by atoms with Crippen LogP contribution in [0.1, 0.15) is 5.76 Å². The summed E-state index contributed by atoms with van der Waals surface area (Å²) in [5, 5.41) is 1.24. The van der Waals surface area contributed by atoms with Gasteiger partial charge in [0.25, 0.3) is 5.91 Å². The van der Waals surface area contributed by atoms with Gasteiger partial charge in [0, 0.05) is 16.7 Å². The maximum absolute atomic E-state index is 13.3. The zero-order valence-corrected chi connectivity index (χ0v) is 18.4. The van der Waals surface area contributed by atoms with Crippen molar-refractivity contribution in [3.63, 3.8) is 0 Å². The van der Waals surface area contributed by atoms with Gasteiger partial charge in [-0.2, -0.15) is 0 Å². The Hall–Kier alpha value is -3.54. The van der Waals surface area contributed by atoms with Crippen LogP contribution in [0.2, 0.25) is 5.02 Å². The molecule has 0 radical (unpaired) electrons. The Balaban J connectivity index is 1.50. The second-order valence-corrected chi connectivity index (χ2v) is 8.47. The van der Waals surface area contributed by atoms with Gasteiger partial charge in [-0.1, -0.05) is 60.1 Å². The number of benzene rings is 3. The van der Waals surface area contributed by atoms with Gasteiger partial charge in [-0.15, -0.1) is 0 Å². The molecule has 3 aromatic carbocycles. The number of carbonyl (C=O) groups is 1. The van der Waals surface area contributed by atoms with Gasteiger partial charge in [0.05, 0.1) is 16.3 Å². The molecule has 2 heterocycles. The Kier molecular flexibility index (Phi) is 5.67. The van der Waals surface area contributed by atoms with E-state index in [1.165, 1.54) is 11.8 Å². The molecule has 156 valence electrons. The number of hydrogen-bond acceptors (Lipinski definition) is 4. The third kappa shape index (κ3) is 4.26. The molecule has 0 spiro atoms. The normalized spacial score (nSPS) is 16.3. The summed E-state index contributed by atoms with van der Waals surface area (Å²) in [6.07, 6.45) is 1.75. The average molecular weight is 457 g/mol. The number of amides is 1. The van der Waals surface area contributed by atoms with E-state index < -0.39 is 0 Å². The Morgan fingerprint density at radius 2 is 1.62 bits per heavy atom. The Labute approximate surface area is 194 Å². The van der Waals surface area contributed by atoms with Crippen LogP contribution in [-0.4, -0.2) is 11.1 Å². The number of carbonyl (C=O) groups excluding carboxylic acids is 1. The highest BCUT2D eigenvalue weighted by atomic mass is 35.5. The van der Waals surface area contributed by atoms with Crippen molar-refractivity contribution in [1.82, 2.24) is 0 Å². The molecule has 0 bridgehead atoms. The quantitative estimate of drug-likeness (QED) is 0.300. The van der Waals surface area contributed by atoms with Crippen LogP contribution in [-0.2, 0) is 4.79 Å². The fourth-order valence-electron chi connectivity index (χ4n) is 3.32. The van der Waals surface area contributed by atoms with Crippen molar-refractivity contribution >= 4 is 51.9 Å². The third-order valence-electron chi connectivity index (χ3n) is 4.81. The maximum atomic E-state index is 13.3. The van der Waals surface area contributed by atoms with E-state index in [-0.39, 0.29) is 5.91 Å². The number of rotatable bonds is 4. The standard InChI is InChI=1S/C26H17ClN2O2S/c27-19-9-7-8-18(16-19)23-15-14-22(31-23)17-24-25(30)29(21-12-5-2-6-13-21)26(32-24)28-20-10-3-1-4-11-20/h1-17H/b24-17-,28-26?. The smallest absolute Gasteiger partial charge is 0.271 e. The van der Waals surface area contributed by atoms with Gasteiger partial charge in [0.15, 0.2) is 5.17 Å². The molecule has 0 unspecified atom stereocenters. The molecular weight excluding hydrogens is 440 g/mol. The van der Waals surface area contributed by atoms with Gasteiger partial charge in [-0.3, -0.25) is 9.69 Å². The number of thioether (sulfide) groups is 1. The van der Waals surface area contributed by atoms with Crippen LogP contribution in [0.5, 0.6) is 0 Å². The first kappa shape index (κ1) is 20.4. The van der Waals surface area contributed by atoms with Gasteiger partial charge in [0.2, 0.25) is 0 Å². The molecule has 32 heavy (non-hydrogen) atoms. The minimum Gasteiger partial charge on any atom is -0.457 e. The molecule has 4 nitrogen and oxygen atoms in total. The Bertz CT molecular complexity index is 1330. The second-order valence-electron chi connectivity index (χ2n) is 7.03. The van der Waals surface area contributed by atoms with Crippen molar-refractivity contribution < 1.29 is 9.21 Å². The SMILES string of the molecule is O=C1/C(=C/c2ccc(-c3cccc(Cl)c3)o2)SC(=Nc2ccccc2)N1c1ccccc1. The summed E-state index contributed by atoms with van der Waals surface area (Å²) >= 11 is 7.42. The summed E-state index contributed by atoms with van der Waals surface area (Å²) < 4.78 is 5.97. The van der Waals surface area contributed by atoms with Crippen LogP contribution in [0, 0.1) is 0 Å². The number of halogens is 1. The van der Waals surface area contributed by atoms with Gasteiger partial charge in [-0.25, -0.2) is 4.99 Å².